The SMILES string of the molecule is Cc1nc2cc(F)c(-c3cnc(C(C)(C)O)nc3)nc2c(N[C@H](C)c2cc(C#N)ccc2F)c1Cl. The maximum absolute atomic E-state index is 15.0. The molecule has 1 atom stereocenters. The number of hydrogen-bond donors (Lipinski definition) is 2. The van der Waals surface area contributed by atoms with E-state index < -0.39 is 23.3 Å². The zero-order chi connectivity index (χ0) is 25.5. The van der Waals surface area contributed by atoms with Crippen LogP contribution in [0.2, 0.25) is 5.02 Å². The van der Waals surface area contributed by atoms with E-state index in [9.17, 15) is 14.8 Å². The Labute approximate surface area is 205 Å². The molecule has 4 rings (SSSR count). The number of halogens is 3. The molecule has 3 heterocycles. The summed E-state index contributed by atoms with van der Waals surface area (Å²) in [4.78, 5) is 17.1. The number of aliphatic hydroxyl groups is 1. The summed E-state index contributed by atoms with van der Waals surface area (Å²) in [6.45, 7) is 6.47. The topological polar surface area (TPSA) is 108 Å². The first-order chi connectivity index (χ1) is 16.5. The Hall–Kier alpha value is -3.74. The summed E-state index contributed by atoms with van der Waals surface area (Å²) in [5.74, 6) is -0.947. The number of hydrogen-bond acceptors (Lipinski definition) is 7. The fraction of sp³-hybridized carbons (Fsp3) is 0.240. The van der Waals surface area contributed by atoms with E-state index in [-0.39, 0.29) is 33.1 Å². The molecular formula is C25H21ClF2N6O. The molecule has 178 valence electrons. The standard InChI is InChI=1S/C25H21ClF2N6O/c1-12(16-7-14(9-29)5-6-17(16)27)33-23-20(26)13(2)32-19-8-18(28)21(34-22(19)23)15-10-30-24(31-11-15)25(3,4)35/h5-8,10-12,35H,1-4H3,(H,32,33)/t12-/m1/s1. The molecule has 10 heteroatoms. The number of anilines is 1. The number of aryl methyl sites for hydroxylation is 1. The first-order valence-electron chi connectivity index (χ1n) is 10.7. The molecule has 0 bridgehead atoms. The molecule has 0 saturated heterocycles. The first-order valence-corrected chi connectivity index (χ1v) is 11.0. The quantitative estimate of drug-likeness (QED) is 0.372. The molecule has 0 aliphatic rings. The number of benzene rings is 1. The van der Waals surface area contributed by atoms with E-state index in [0.717, 1.165) is 0 Å². The van der Waals surface area contributed by atoms with E-state index in [1.165, 1.54) is 36.7 Å². The van der Waals surface area contributed by atoms with Crippen LogP contribution in [0.4, 0.5) is 14.5 Å². The van der Waals surface area contributed by atoms with Gasteiger partial charge in [-0.3, -0.25) is 0 Å². The van der Waals surface area contributed by atoms with E-state index in [4.69, 9.17) is 11.6 Å². The van der Waals surface area contributed by atoms with Crippen LogP contribution in [0.1, 0.15) is 49.5 Å². The molecule has 0 amide bonds. The lowest BCUT2D eigenvalue weighted by Gasteiger charge is -2.20. The molecule has 35 heavy (non-hydrogen) atoms. The summed E-state index contributed by atoms with van der Waals surface area (Å²) >= 11 is 6.55. The Balaban J connectivity index is 1.83. The zero-order valence-corrected chi connectivity index (χ0v) is 20.1. The molecule has 4 aromatic rings. The third-order valence-corrected chi connectivity index (χ3v) is 5.91. The monoisotopic (exact) mass is 494 g/mol. The van der Waals surface area contributed by atoms with Gasteiger partial charge in [-0.15, -0.1) is 0 Å². The van der Waals surface area contributed by atoms with E-state index in [1.807, 2.05) is 6.07 Å². The minimum Gasteiger partial charge on any atom is -0.382 e. The molecule has 0 fully saturated rings. The number of fused-ring (bicyclic) bond motifs is 1. The number of nitrogens with zero attached hydrogens (tertiary/aromatic N) is 5. The van der Waals surface area contributed by atoms with Crippen molar-refractivity contribution in [3.05, 3.63) is 76.0 Å². The molecule has 0 spiro atoms. The van der Waals surface area contributed by atoms with E-state index >= 15 is 4.39 Å². The van der Waals surface area contributed by atoms with Gasteiger partial charge < -0.3 is 10.4 Å². The molecule has 3 aromatic heterocycles. The highest BCUT2D eigenvalue weighted by Gasteiger charge is 2.22. The average Bonchev–Trinajstić information content (AvgIpc) is 2.81. The van der Waals surface area contributed by atoms with Gasteiger partial charge in [0.25, 0.3) is 0 Å². The predicted molar refractivity (Wildman–Crippen MR) is 129 cm³/mol. The Bertz CT molecular complexity index is 1480. The molecule has 0 saturated carbocycles. The summed E-state index contributed by atoms with van der Waals surface area (Å²) in [5, 5.41) is 22.7. The number of pyridine rings is 2. The largest absolute Gasteiger partial charge is 0.382 e. The number of nitrogens with one attached hydrogen (secondary N) is 1. The van der Waals surface area contributed by atoms with Crippen molar-refractivity contribution in [2.24, 2.45) is 0 Å². The van der Waals surface area contributed by atoms with Crippen LogP contribution in [0.15, 0.2) is 36.7 Å². The summed E-state index contributed by atoms with van der Waals surface area (Å²) < 4.78 is 29.5. The van der Waals surface area contributed by atoms with Gasteiger partial charge in [0, 0.05) is 29.6 Å². The first kappa shape index (κ1) is 24.4. The van der Waals surface area contributed by atoms with Gasteiger partial charge >= 0.3 is 0 Å². The highest BCUT2D eigenvalue weighted by molar-refractivity contribution is 6.35. The van der Waals surface area contributed by atoms with Gasteiger partial charge in [-0.2, -0.15) is 5.26 Å². The second kappa shape index (κ2) is 9.13. The number of nitriles is 1. The van der Waals surface area contributed by atoms with Crippen molar-refractivity contribution in [2.75, 3.05) is 5.32 Å². The average molecular weight is 495 g/mol. The summed E-state index contributed by atoms with van der Waals surface area (Å²) in [6.07, 6.45) is 2.75. The second-order valence-electron chi connectivity index (χ2n) is 8.64. The van der Waals surface area contributed by atoms with Gasteiger partial charge in [-0.1, -0.05) is 11.6 Å². The number of rotatable bonds is 5. The van der Waals surface area contributed by atoms with Crippen LogP contribution in [0.25, 0.3) is 22.3 Å². The maximum atomic E-state index is 15.0. The summed E-state index contributed by atoms with van der Waals surface area (Å²) in [5.41, 5.74) is 0.889. The fourth-order valence-electron chi connectivity index (χ4n) is 3.60. The van der Waals surface area contributed by atoms with E-state index in [1.54, 1.807) is 27.7 Å². The maximum Gasteiger partial charge on any atom is 0.159 e. The smallest absolute Gasteiger partial charge is 0.159 e. The lowest BCUT2D eigenvalue weighted by molar-refractivity contribution is 0.0687. The van der Waals surface area contributed by atoms with Crippen molar-refractivity contribution in [2.45, 2.75) is 39.3 Å². The van der Waals surface area contributed by atoms with Crippen molar-refractivity contribution < 1.29 is 13.9 Å². The van der Waals surface area contributed by atoms with Crippen LogP contribution in [0.3, 0.4) is 0 Å². The van der Waals surface area contributed by atoms with Gasteiger partial charge in [-0.05, 0) is 45.9 Å². The van der Waals surface area contributed by atoms with Gasteiger partial charge in [0.15, 0.2) is 11.6 Å². The molecule has 0 aliphatic heterocycles. The summed E-state index contributed by atoms with van der Waals surface area (Å²) in [6, 6.07) is 6.71. The van der Waals surface area contributed by atoms with E-state index in [0.29, 0.717) is 22.5 Å². The van der Waals surface area contributed by atoms with Gasteiger partial charge in [0.1, 0.15) is 22.6 Å². The van der Waals surface area contributed by atoms with Gasteiger partial charge in [0.05, 0.1) is 39.6 Å². The molecule has 7 nitrogen and oxygen atoms in total. The van der Waals surface area contributed by atoms with Crippen molar-refractivity contribution in [3.8, 4) is 17.3 Å². The Morgan fingerprint density at radius 1 is 1.11 bits per heavy atom. The van der Waals surface area contributed by atoms with Crippen molar-refractivity contribution in [3.63, 3.8) is 0 Å². The van der Waals surface area contributed by atoms with Crippen LogP contribution in [-0.4, -0.2) is 25.0 Å². The minimum absolute atomic E-state index is 0.0325. The highest BCUT2D eigenvalue weighted by atomic mass is 35.5. The molecule has 0 aliphatic carbocycles. The highest BCUT2D eigenvalue weighted by Crippen LogP contribution is 2.36. The fourth-order valence-corrected chi connectivity index (χ4v) is 3.79. The van der Waals surface area contributed by atoms with Crippen LogP contribution in [0.5, 0.6) is 0 Å². The Morgan fingerprint density at radius 2 is 1.80 bits per heavy atom. The van der Waals surface area contributed by atoms with Crippen LogP contribution >= 0.6 is 11.6 Å². The van der Waals surface area contributed by atoms with Gasteiger partial charge in [-0.25, -0.2) is 28.7 Å². The van der Waals surface area contributed by atoms with Crippen LogP contribution < -0.4 is 5.32 Å². The lowest BCUT2D eigenvalue weighted by atomic mass is 10.0. The zero-order valence-electron chi connectivity index (χ0n) is 19.4. The predicted octanol–water partition coefficient (Wildman–Crippen LogP) is 5.60. The summed E-state index contributed by atoms with van der Waals surface area (Å²) in [7, 11) is 0. The molecule has 2 N–H and O–H groups in total. The van der Waals surface area contributed by atoms with Crippen LogP contribution in [0, 0.1) is 29.9 Å². The molecule has 0 unspecified atom stereocenters. The van der Waals surface area contributed by atoms with Crippen molar-refractivity contribution >= 4 is 28.3 Å². The molecule has 0 radical (unpaired) electrons. The minimum atomic E-state index is -1.26. The third kappa shape index (κ3) is 4.76. The normalized spacial score (nSPS) is 12.4. The van der Waals surface area contributed by atoms with Crippen molar-refractivity contribution in [1.29, 1.82) is 5.26 Å². The molecule has 1 aromatic carbocycles. The Morgan fingerprint density at radius 3 is 2.43 bits per heavy atom. The third-order valence-electron chi connectivity index (χ3n) is 5.44. The van der Waals surface area contributed by atoms with Crippen molar-refractivity contribution in [1.82, 2.24) is 19.9 Å². The van der Waals surface area contributed by atoms with Gasteiger partial charge in [0.2, 0.25) is 0 Å². The second-order valence-corrected chi connectivity index (χ2v) is 9.02. The lowest BCUT2D eigenvalue weighted by Crippen LogP contribution is -2.19. The Kier molecular flexibility index (Phi) is 6.36. The van der Waals surface area contributed by atoms with E-state index in [2.05, 4.69) is 25.3 Å². The van der Waals surface area contributed by atoms with Crippen LogP contribution in [-0.2, 0) is 5.60 Å². The molecular weight excluding hydrogens is 474 g/mol. The number of aromatic nitrogens is 4.